The van der Waals surface area contributed by atoms with Crippen molar-refractivity contribution in [3.8, 4) is 11.5 Å². The van der Waals surface area contributed by atoms with E-state index in [1.807, 2.05) is 0 Å². The van der Waals surface area contributed by atoms with Gasteiger partial charge in [0.05, 0.1) is 43.6 Å². The SMILES string of the molecule is CCCCCOc1c(OC)cc(/C=N\Nc2nc(CC(=O)OCC)cs2)cc1[N+](=O)[O-]. The van der Waals surface area contributed by atoms with Gasteiger partial charge in [-0.3, -0.25) is 20.3 Å². The van der Waals surface area contributed by atoms with Gasteiger partial charge in [0, 0.05) is 17.0 Å². The van der Waals surface area contributed by atoms with Crippen LogP contribution < -0.4 is 14.9 Å². The maximum Gasteiger partial charge on any atom is 0.315 e. The lowest BCUT2D eigenvalue weighted by Crippen LogP contribution is -2.07. The van der Waals surface area contributed by atoms with Crippen LogP contribution in [0.1, 0.15) is 44.4 Å². The third-order valence-corrected chi connectivity index (χ3v) is 4.82. The molecule has 0 fully saturated rings. The predicted molar refractivity (Wildman–Crippen MR) is 118 cm³/mol. The lowest BCUT2D eigenvalue weighted by Gasteiger charge is -2.11. The van der Waals surface area contributed by atoms with Crippen molar-refractivity contribution in [2.75, 3.05) is 25.7 Å². The van der Waals surface area contributed by atoms with E-state index in [2.05, 4.69) is 22.4 Å². The van der Waals surface area contributed by atoms with Crippen LogP contribution in [0.4, 0.5) is 10.8 Å². The largest absolute Gasteiger partial charge is 0.493 e. The van der Waals surface area contributed by atoms with E-state index < -0.39 is 4.92 Å². The first kappa shape index (κ1) is 24.1. The minimum Gasteiger partial charge on any atom is -0.493 e. The molecule has 0 aliphatic rings. The number of esters is 1. The molecule has 2 aromatic rings. The molecule has 0 atom stereocenters. The number of aromatic nitrogens is 1. The maximum atomic E-state index is 11.5. The first-order valence-electron chi connectivity index (χ1n) is 9.86. The molecular weight excluding hydrogens is 424 g/mol. The second-order valence-corrected chi connectivity index (χ2v) is 7.24. The number of rotatable bonds is 13. The van der Waals surface area contributed by atoms with E-state index >= 15 is 0 Å². The molecule has 0 bridgehead atoms. The Morgan fingerprint density at radius 2 is 2.16 bits per heavy atom. The Labute approximate surface area is 184 Å². The van der Waals surface area contributed by atoms with Gasteiger partial charge < -0.3 is 14.2 Å². The van der Waals surface area contributed by atoms with Crippen LogP contribution in [0.5, 0.6) is 11.5 Å². The molecule has 0 radical (unpaired) electrons. The molecular formula is C20H26N4O6S. The fourth-order valence-corrected chi connectivity index (χ4v) is 3.26. The van der Waals surface area contributed by atoms with E-state index in [9.17, 15) is 14.9 Å². The van der Waals surface area contributed by atoms with E-state index in [0.717, 1.165) is 19.3 Å². The van der Waals surface area contributed by atoms with E-state index in [4.69, 9.17) is 14.2 Å². The van der Waals surface area contributed by atoms with Gasteiger partial charge in [0.2, 0.25) is 10.9 Å². The molecule has 0 saturated carbocycles. The van der Waals surface area contributed by atoms with Crippen LogP contribution in [0.25, 0.3) is 0 Å². The summed E-state index contributed by atoms with van der Waals surface area (Å²) in [5, 5.41) is 17.8. The highest BCUT2D eigenvalue weighted by atomic mass is 32.1. The third kappa shape index (κ3) is 7.52. The highest BCUT2D eigenvalue weighted by Crippen LogP contribution is 2.38. The van der Waals surface area contributed by atoms with Crippen LogP contribution in [-0.4, -0.2) is 42.4 Å². The summed E-state index contributed by atoms with van der Waals surface area (Å²) in [6.07, 6.45) is 4.30. The number of hydrazone groups is 1. The normalized spacial score (nSPS) is 10.8. The van der Waals surface area contributed by atoms with Crippen molar-refractivity contribution in [3.05, 3.63) is 38.9 Å². The number of carbonyl (C=O) groups excluding carboxylic acids is 1. The van der Waals surface area contributed by atoms with Crippen molar-refractivity contribution in [2.45, 2.75) is 39.5 Å². The van der Waals surface area contributed by atoms with Gasteiger partial charge in [0.15, 0.2) is 5.75 Å². The molecule has 0 aliphatic carbocycles. The van der Waals surface area contributed by atoms with E-state index in [1.54, 1.807) is 18.4 Å². The summed E-state index contributed by atoms with van der Waals surface area (Å²) in [7, 11) is 1.43. The number of hydrogen-bond acceptors (Lipinski definition) is 10. The number of nitro benzene ring substituents is 1. The number of methoxy groups -OCH3 is 1. The highest BCUT2D eigenvalue weighted by molar-refractivity contribution is 7.13. The van der Waals surface area contributed by atoms with Gasteiger partial charge in [-0.2, -0.15) is 5.10 Å². The van der Waals surface area contributed by atoms with Crippen molar-refractivity contribution in [1.29, 1.82) is 0 Å². The van der Waals surface area contributed by atoms with Crippen LogP contribution in [0.15, 0.2) is 22.6 Å². The molecule has 0 saturated heterocycles. The molecule has 10 nitrogen and oxygen atoms in total. The van der Waals surface area contributed by atoms with Gasteiger partial charge in [0.1, 0.15) is 0 Å². The van der Waals surface area contributed by atoms with Gasteiger partial charge >= 0.3 is 11.7 Å². The first-order chi connectivity index (χ1) is 15.0. The number of nitrogens with zero attached hydrogens (tertiary/aromatic N) is 3. The zero-order valence-electron chi connectivity index (χ0n) is 17.8. The van der Waals surface area contributed by atoms with Gasteiger partial charge in [0.25, 0.3) is 0 Å². The fourth-order valence-electron chi connectivity index (χ4n) is 2.60. The lowest BCUT2D eigenvalue weighted by molar-refractivity contribution is -0.386. The van der Waals surface area contributed by atoms with Crippen molar-refractivity contribution < 1.29 is 23.9 Å². The summed E-state index contributed by atoms with van der Waals surface area (Å²) in [4.78, 5) is 26.8. The average molecular weight is 451 g/mol. The summed E-state index contributed by atoms with van der Waals surface area (Å²) >= 11 is 1.28. The van der Waals surface area contributed by atoms with Crippen LogP contribution >= 0.6 is 11.3 Å². The average Bonchev–Trinajstić information content (AvgIpc) is 3.18. The third-order valence-electron chi connectivity index (χ3n) is 4.02. The highest BCUT2D eigenvalue weighted by Gasteiger charge is 2.22. The number of unbranched alkanes of at least 4 members (excludes halogenated alkanes) is 2. The van der Waals surface area contributed by atoms with Crippen LogP contribution in [0.2, 0.25) is 0 Å². The fraction of sp³-hybridized carbons (Fsp3) is 0.450. The number of nitro groups is 1. The second-order valence-electron chi connectivity index (χ2n) is 6.38. The first-order valence-corrected chi connectivity index (χ1v) is 10.7. The number of nitrogens with one attached hydrogen (secondary N) is 1. The monoisotopic (exact) mass is 450 g/mol. The molecule has 1 aromatic heterocycles. The Balaban J connectivity index is 2.09. The molecule has 0 amide bonds. The molecule has 31 heavy (non-hydrogen) atoms. The topological polar surface area (TPSA) is 125 Å². The summed E-state index contributed by atoms with van der Waals surface area (Å²) in [6, 6.07) is 2.98. The Morgan fingerprint density at radius 1 is 1.35 bits per heavy atom. The molecule has 168 valence electrons. The van der Waals surface area contributed by atoms with Crippen molar-refractivity contribution in [3.63, 3.8) is 0 Å². The van der Waals surface area contributed by atoms with Gasteiger partial charge in [-0.1, -0.05) is 19.8 Å². The number of hydrogen-bond donors (Lipinski definition) is 1. The number of thiazole rings is 1. The Morgan fingerprint density at radius 3 is 2.84 bits per heavy atom. The molecule has 1 N–H and O–H groups in total. The molecule has 1 heterocycles. The second kappa shape index (κ2) is 12.5. The van der Waals surface area contributed by atoms with Crippen LogP contribution in [0, 0.1) is 10.1 Å². The van der Waals surface area contributed by atoms with Crippen LogP contribution in [-0.2, 0) is 16.0 Å². The standard InChI is InChI=1S/C20H26N4O6S/c1-4-6-7-8-30-19-16(24(26)27)9-14(10-17(19)28-3)12-21-23-20-22-15(13-31-20)11-18(25)29-5-2/h9-10,12-13H,4-8,11H2,1-3H3,(H,22,23)/b21-12-. The van der Waals surface area contributed by atoms with E-state index in [0.29, 0.717) is 29.6 Å². The molecule has 11 heteroatoms. The molecule has 0 unspecified atom stereocenters. The van der Waals surface area contributed by atoms with Gasteiger partial charge in [-0.05, 0) is 19.4 Å². The van der Waals surface area contributed by atoms with E-state index in [1.165, 1.54) is 30.7 Å². The molecule has 1 aromatic carbocycles. The summed E-state index contributed by atoms with van der Waals surface area (Å²) in [5.41, 5.74) is 3.59. The number of carbonyl (C=O) groups is 1. The Bertz CT molecular complexity index is 915. The summed E-state index contributed by atoms with van der Waals surface area (Å²) in [5.74, 6) is 0.0228. The Kier molecular flexibility index (Phi) is 9.69. The van der Waals surface area contributed by atoms with Crippen molar-refractivity contribution in [2.24, 2.45) is 5.10 Å². The molecule has 0 aliphatic heterocycles. The molecule has 2 rings (SSSR count). The maximum absolute atomic E-state index is 11.5. The zero-order chi connectivity index (χ0) is 22.6. The van der Waals surface area contributed by atoms with Crippen molar-refractivity contribution in [1.82, 2.24) is 4.98 Å². The smallest absolute Gasteiger partial charge is 0.315 e. The zero-order valence-corrected chi connectivity index (χ0v) is 18.6. The quantitative estimate of drug-likeness (QED) is 0.158. The predicted octanol–water partition coefficient (Wildman–Crippen LogP) is 4.18. The Hall–Kier alpha value is -3.21. The summed E-state index contributed by atoms with van der Waals surface area (Å²) in [6.45, 7) is 4.50. The summed E-state index contributed by atoms with van der Waals surface area (Å²) < 4.78 is 15.8. The number of benzene rings is 1. The number of ether oxygens (including phenoxy) is 3. The molecule has 0 spiro atoms. The van der Waals surface area contributed by atoms with E-state index in [-0.39, 0.29) is 29.6 Å². The minimum atomic E-state index is -0.509. The van der Waals surface area contributed by atoms with Crippen LogP contribution in [0.3, 0.4) is 0 Å². The van der Waals surface area contributed by atoms with Crippen molar-refractivity contribution >= 4 is 34.3 Å². The van der Waals surface area contributed by atoms with Gasteiger partial charge in [-0.15, -0.1) is 11.3 Å². The lowest BCUT2D eigenvalue weighted by atomic mass is 10.2. The minimum absolute atomic E-state index is 0.0822. The number of anilines is 1. The van der Waals surface area contributed by atoms with Gasteiger partial charge in [-0.25, -0.2) is 4.98 Å².